The van der Waals surface area contributed by atoms with Gasteiger partial charge in [0, 0.05) is 51.4 Å². The van der Waals surface area contributed by atoms with Crippen LogP contribution in [0.25, 0.3) is 0 Å². The van der Waals surface area contributed by atoms with E-state index in [1.807, 2.05) is 6.92 Å². The molecule has 26 atom stereocenters. The fourth-order valence-electron chi connectivity index (χ4n) is 15.3. The Kier molecular flexibility index (Phi) is 18.8. The van der Waals surface area contributed by atoms with Crippen LogP contribution in [0.4, 0.5) is 0 Å². The second kappa shape index (κ2) is 23.4. The molecule has 21 nitrogen and oxygen atoms in total. The topological polar surface area (TPSA) is 275 Å². The summed E-state index contributed by atoms with van der Waals surface area (Å²) >= 11 is 0. The van der Waals surface area contributed by atoms with Gasteiger partial charge in [-0.1, -0.05) is 43.9 Å². The fraction of sp³-hybridized carbons (Fsp3) is 0.852. The minimum atomic E-state index is -5.21. The number of aliphatic hydroxyl groups is 2. The van der Waals surface area contributed by atoms with Crippen LogP contribution >= 0.6 is 0 Å². The smallest absolute Gasteiger partial charge is 0.726 e. The van der Waals surface area contributed by atoms with E-state index < -0.39 is 129 Å². The molecule has 11 heterocycles. The van der Waals surface area contributed by atoms with Crippen molar-refractivity contribution in [1.82, 2.24) is 0 Å². The van der Waals surface area contributed by atoms with Crippen LogP contribution in [-0.2, 0) is 81.3 Å². The molecule has 11 aliphatic heterocycles. The molecule has 0 aromatic heterocycles. The molecule has 0 aliphatic carbocycles. The summed E-state index contributed by atoms with van der Waals surface area (Å²) in [4.78, 5) is 0. The van der Waals surface area contributed by atoms with E-state index in [0.29, 0.717) is 76.2 Å². The van der Waals surface area contributed by atoms with E-state index in [4.69, 9.17) is 56.3 Å². The normalized spacial score (nSPS) is 50.1. The summed E-state index contributed by atoms with van der Waals surface area (Å²) in [6.07, 6.45) is 0.274. The SMILES string of the molecule is C=CCC(=C)/C=C/[C@@](C)(O)[C@H]1O[C@@H]2C[C@@H]3O[C@@H]4C[C@@H]5O[C@@H]6C[C@@H]7O[C@@H]8C[C@@H]9O[C@@H]%10C[C@@H]%11O[C@](C)(CCOS(=O)(=O)[O-])[C@@H](OS(=O)(=O)[O-])C[C@H]%11O[C@H]%10C[C@H]9O[C@H]8CC[C@@]7(C)O[C@@]6(C)C[C@H](C)[C@H]5O[C@H]4[C@@H](O)[C@@]3(C)O[C@H]2CC1=C.[Na+].[Na+]. The third kappa shape index (κ3) is 12.7. The van der Waals surface area contributed by atoms with Gasteiger partial charge in [-0.25, -0.2) is 16.8 Å². The molecule has 0 aromatic carbocycles. The molecule has 25 heteroatoms. The van der Waals surface area contributed by atoms with Gasteiger partial charge in [0.1, 0.15) is 35.6 Å². The Morgan fingerprint density at radius 2 is 1.29 bits per heavy atom. The minimum Gasteiger partial charge on any atom is -0.726 e. The zero-order valence-corrected chi connectivity index (χ0v) is 52.5. The monoisotopic (exact) mass is 1170 g/mol. The quantitative estimate of drug-likeness (QED) is 0.0744. The molecule has 434 valence electrons. The van der Waals surface area contributed by atoms with Crippen LogP contribution in [0.15, 0.2) is 49.1 Å². The molecule has 0 saturated carbocycles. The predicted octanol–water partition coefficient (Wildman–Crippen LogP) is -2.01. The molecule has 11 rings (SSSR count). The van der Waals surface area contributed by atoms with Gasteiger partial charge in [-0.15, -0.1) is 6.58 Å². The standard InChI is InChI=1S/C54H80O21S2.2Na/c1-10-11-27(2)12-14-50(5,56)49-28(3)18-38-37(70-49)24-45-54(9,73-38)48(55)47-41(69-45)22-40-46(71-47)29(4)26-53(8)43(68-40)25-42-52(7,75-53)15-13-30-31(67-42)19-33-32(64-30)20-34-35(65-33)21-39-36(66-34)23-44(74-77(60,61)62)51(6,72-39)16-17-63-76(57,58)59;;/h10,12,14,29-49,55-56H,1-3,11,13,15-26H2,4-9H3,(H,57,58,59)(H,60,61,62);;/q;2*+1/p-2/b14-12+;;/t29-,30-,31+,32+,33-,34-,35+,36+,37+,38-,39-,40-,41+,42-,43+,44-,45-,46+,47+,48+,49-,50+,51+,52+,53-,54-;;/m0../s1. The van der Waals surface area contributed by atoms with E-state index in [-0.39, 0.29) is 127 Å². The number of fused-ring (bicyclic) bond motifs is 10. The Labute approximate surface area is 509 Å². The molecule has 11 saturated heterocycles. The van der Waals surface area contributed by atoms with E-state index >= 15 is 0 Å². The second-order valence-electron chi connectivity index (χ2n) is 25.1. The second-order valence-corrected chi connectivity index (χ2v) is 27.2. The van der Waals surface area contributed by atoms with Crippen molar-refractivity contribution in [3.63, 3.8) is 0 Å². The molecule has 0 unspecified atom stereocenters. The largest absolute Gasteiger partial charge is 1.00 e. The first kappa shape index (κ1) is 63.7. The Bertz CT molecular complexity index is 2540. The first-order chi connectivity index (χ1) is 36.0. The molecular weight excluding hydrogens is 1090 g/mol. The first-order valence-electron chi connectivity index (χ1n) is 27.6. The molecule has 11 aliphatic rings. The molecule has 0 aromatic rings. The summed E-state index contributed by atoms with van der Waals surface area (Å²) < 4.78 is 154. The van der Waals surface area contributed by atoms with Crippen LogP contribution in [0.2, 0.25) is 0 Å². The molecule has 0 spiro atoms. The number of hydrogen-bond donors (Lipinski definition) is 2. The summed E-state index contributed by atoms with van der Waals surface area (Å²) in [6.45, 7) is 23.0. The van der Waals surface area contributed by atoms with Crippen molar-refractivity contribution >= 4 is 20.8 Å². The molecule has 0 radical (unpaired) electrons. The van der Waals surface area contributed by atoms with Gasteiger partial charge in [0.05, 0.1) is 121 Å². The van der Waals surface area contributed by atoms with Gasteiger partial charge in [-0.3, -0.25) is 8.37 Å². The number of allylic oxidation sites excluding steroid dienone is 3. The number of aliphatic hydroxyl groups excluding tert-OH is 1. The van der Waals surface area contributed by atoms with Crippen molar-refractivity contribution in [3.05, 3.63) is 49.1 Å². The van der Waals surface area contributed by atoms with Gasteiger partial charge in [0.2, 0.25) is 20.8 Å². The van der Waals surface area contributed by atoms with Crippen molar-refractivity contribution in [1.29, 1.82) is 0 Å². The van der Waals surface area contributed by atoms with E-state index in [1.54, 1.807) is 25.2 Å². The molecular formula is C54H78Na2O21S2. The molecule has 0 amide bonds. The van der Waals surface area contributed by atoms with Gasteiger partial charge in [0.25, 0.3) is 0 Å². The van der Waals surface area contributed by atoms with Crippen LogP contribution in [0.3, 0.4) is 0 Å². The average molecular weight is 1170 g/mol. The molecule has 0 bridgehead atoms. The number of rotatable bonds is 11. The molecule has 2 N–H and O–H groups in total. The fourth-order valence-corrected chi connectivity index (χ4v) is 16.2. The van der Waals surface area contributed by atoms with Gasteiger partial charge in [-0.2, -0.15) is 0 Å². The maximum atomic E-state index is 12.3. The van der Waals surface area contributed by atoms with Gasteiger partial charge in [0.15, 0.2) is 0 Å². The van der Waals surface area contributed by atoms with Gasteiger partial charge < -0.3 is 71.4 Å². The van der Waals surface area contributed by atoms with Crippen molar-refractivity contribution in [2.24, 2.45) is 5.92 Å². The summed E-state index contributed by atoms with van der Waals surface area (Å²) in [5.74, 6) is -0.0188. The Morgan fingerprint density at radius 1 is 0.722 bits per heavy atom. The van der Waals surface area contributed by atoms with Crippen LogP contribution in [0.5, 0.6) is 0 Å². The number of ether oxygens (including phenoxy) is 11. The zero-order chi connectivity index (χ0) is 55.0. The van der Waals surface area contributed by atoms with E-state index in [1.165, 1.54) is 6.92 Å². The Balaban J connectivity index is 0.00000378. The van der Waals surface area contributed by atoms with Crippen molar-refractivity contribution in [2.45, 2.75) is 275 Å². The molecule has 11 fully saturated rings. The zero-order valence-electron chi connectivity index (χ0n) is 46.8. The molecule has 79 heavy (non-hydrogen) atoms. The summed E-state index contributed by atoms with van der Waals surface area (Å²) in [5, 5.41) is 23.9. The maximum absolute atomic E-state index is 12.3. The maximum Gasteiger partial charge on any atom is 1.00 e. The van der Waals surface area contributed by atoms with Crippen LogP contribution in [-0.4, -0.2) is 193 Å². The average Bonchev–Trinajstić information content (AvgIpc) is 3.84. The van der Waals surface area contributed by atoms with Crippen molar-refractivity contribution in [2.75, 3.05) is 6.61 Å². The van der Waals surface area contributed by atoms with E-state index in [2.05, 4.69) is 44.7 Å². The van der Waals surface area contributed by atoms with E-state index in [0.717, 1.165) is 5.57 Å². The Morgan fingerprint density at radius 3 is 1.95 bits per heavy atom. The first-order valence-corrected chi connectivity index (χ1v) is 30.3. The van der Waals surface area contributed by atoms with Crippen LogP contribution in [0.1, 0.15) is 125 Å². The predicted molar refractivity (Wildman–Crippen MR) is 267 cm³/mol. The van der Waals surface area contributed by atoms with Crippen molar-refractivity contribution in [3.8, 4) is 0 Å². The van der Waals surface area contributed by atoms with E-state index in [9.17, 15) is 36.2 Å². The van der Waals surface area contributed by atoms with Crippen molar-refractivity contribution < 1.29 is 156 Å². The third-order valence-corrected chi connectivity index (χ3v) is 20.2. The summed E-state index contributed by atoms with van der Waals surface area (Å²) in [6, 6.07) is 0. The summed E-state index contributed by atoms with van der Waals surface area (Å²) in [7, 11) is -10.3. The van der Waals surface area contributed by atoms with Gasteiger partial charge in [-0.05, 0) is 78.2 Å². The Hall–Kier alpha value is 0.180. The third-order valence-electron chi connectivity index (χ3n) is 19.3. The minimum absolute atomic E-state index is 0. The summed E-state index contributed by atoms with van der Waals surface area (Å²) in [5.41, 5.74) is -3.87. The van der Waals surface area contributed by atoms with Crippen LogP contribution in [0, 0.1) is 5.92 Å². The number of hydrogen-bond acceptors (Lipinski definition) is 21. The van der Waals surface area contributed by atoms with Crippen LogP contribution < -0.4 is 59.1 Å². The van der Waals surface area contributed by atoms with Gasteiger partial charge >= 0.3 is 59.1 Å².